The third-order valence-corrected chi connectivity index (χ3v) is 7.20. The summed E-state index contributed by atoms with van der Waals surface area (Å²) in [6.07, 6.45) is 4.90. The molecule has 0 fully saturated rings. The van der Waals surface area contributed by atoms with E-state index >= 15 is 0 Å². The second-order valence-electron chi connectivity index (χ2n) is 10.5. The van der Waals surface area contributed by atoms with Crippen LogP contribution in [0.25, 0.3) is 21.9 Å². The highest BCUT2D eigenvalue weighted by atomic mass is 16.6. The number of hydrogen-bond acceptors (Lipinski definition) is 6. The Morgan fingerprint density at radius 3 is 2.47 bits per heavy atom. The molecule has 196 valence electrons. The van der Waals surface area contributed by atoms with Crippen LogP contribution in [0.15, 0.2) is 72.9 Å². The predicted octanol–water partition coefficient (Wildman–Crippen LogP) is 6.92. The van der Waals surface area contributed by atoms with Crippen molar-refractivity contribution >= 4 is 22.6 Å². The van der Waals surface area contributed by atoms with Gasteiger partial charge in [-0.2, -0.15) is 0 Å². The summed E-state index contributed by atoms with van der Waals surface area (Å²) in [5.41, 5.74) is 4.36. The number of pyridine rings is 1. The molecule has 1 aliphatic rings. The molecule has 0 atom stereocenters. The van der Waals surface area contributed by atoms with Crippen LogP contribution in [0.5, 0.6) is 11.5 Å². The zero-order chi connectivity index (χ0) is 26.5. The minimum Gasteiger partial charge on any atom is -0.486 e. The maximum absolute atomic E-state index is 11.9. The summed E-state index contributed by atoms with van der Waals surface area (Å²) in [6, 6.07) is 22.4. The number of benzene rings is 3. The Morgan fingerprint density at radius 2 is 1.68 bits per heavy atom. The van der Waals surface area contributed by atoms with Gasteiger partial charge in [0.25, 0.3) is 0 Å². The van der Waals surface area contributed by atoms with E-state index in [2.05, 4.69) is 60.5 Å². The van der Waals surface area contributed by atoms with E-state index < -0.39 is 0 Å². The fourth-order valence-corrected chi connectivity index (χ4v) is 4.78. The molecule has 0 radical (unpaired) electrons. The third-order valence-electron chi connectivity index (χ3n) is 7.20. The van der Waals surface area contributed by atoms with Gasteiger partial charge in [0, 0.05) is 18.1 Å². The van der Waals surface area contributed by atoms with Crippen molar-refractivity contribution in [1.29, 1.82) is 0 Å². The van der Waals surface area contributed by atoms with Gasteiger partial charge in [-0.05, 0) is 83.2 Å². The van der Waals surface area contributed by atoms with E-state index in [0.29, 0.717) is 18.8 Å². The van der Waals surface area contributed by atoms with E-state index in [0.717, 1.165) is 59.5 Å². The van der Waals surface area contributed by atoms with Crippen LogP contribution in [0.1, 0.15) is 42.6 Å². The van der Waals surface area contributed by atoms with Crippen molar-refractivity contribution in [1.82, 2.24) is 4.98 Å². The van der Waals surface area contributed by atoms with E-state index in [9.17, 15) is 4.79 Å². The number of nitrogens with one attached hydrogen (secondary N) is 1. The van der Waals surface area contributed by atoms with Gasteiger partial charge in [0.1, 0.15) is 19.0 Å². The predicted molar refractivity (Wildman–Crippen MR) is 151 cm³/mol. The maximum atomic E-state index is 11.9. The Hall–Kier alpha value is -4.06. The fraction of sp³-hybridized carbons (Fsp3) is 0.312. The summed E-state index contributed by atoms with van der Waals surface area (Å²) in [5.74, 6) is 2.14. The quantitative estimate of drug-likeness (QED) is 0.247. The van der Waals surface area contributed by atoms with Crippen molar-refractivity contribution in [2.75, 3.05) is 32.2 Å². The summed E-state index contributed by atoms with van der Waals surface area (Å²) < 4.78 is 16.2. The lowest BCUT2D eigenvalue weighted by molar-refractivity contribution is 0.0601. The number of fused-ring (bicyclic) bond motifs is 2. The monoisotopic (exact) mass is 510 g/mol. The first-order chi connectivity index (χ1) is 18.4. The molecular weight excluding hydrogens is 476 g/mol. The number of esters is 1. The second kappa shape index (κ2) is 11.1. The Kier molecular flexibility index (Phi) is 7.50. The molecule has 38 heavy (non-hydrogen) atoms. The van der Waals surface area contributed by atoms with E-state index in [1.165, 1.54) is 18.2 Å². The lowest BCUT2D eigenvalue weighted by atomic mass is 9.83. The SMILES string of the molecule is COC(=O)c1ccc2c(NCCC(C)(C)CCc3ccc(-c4ccc5c(c4)OCCO5)cc3)nccc2c1. The lowest BCUT2D eigenvalue weighted by Crippen LogP contribution is -2.18. The summed E-state index contributed by atoms with van der Waals surface area (Å²) >= 11 is 0. The molecule has 0 aliphatic carbocycles. The van der Waals surface area contributed by atoms with E-state index in [-0.39, 0.29) is 11.4 Å². The first-order valence-electron chi connectivity index (χ1n) is 13.1. The molecule has 1 aromatic heterocycles. The molecule has 0 bridgehead atoms. The number of aryl methyl sites for hydroxylation is 1. The smallest absolute Gasteiger partial charge is 0.337 e. The third kappa shape index (κ3) is 5.91. The molecule has 0 spiro atoms. The highest BCUT2D eigenvalue weighted by Crippen LogP contribution is 2.35. The van der Waals surface area contributed by atoms with Gasteiger partial charge >= 0.3 is 5.97 Å². The zero-order valence-corrected chi connectivity index (χ0v) is 22.3. The molecule has 1 aliphatic heterocycles. The van der Waals surface area contributed by atoms with E-state index in [4.69, 9.17) is 14.2 Å². The molecule has 6 nitrogen and oxygen atoms in total. The number of aromatic nitrogens is 1. The summed E-state index contributed by atoms with van der Waals surface area (Å²) in [7, 11) is 1.39. The Labute approximate surface area is 224 Å². The minimum atomic E-state index is -0.335. The Bertz CT molecular complexity index is 1430. The number of anilines is 1. The van der Waals surface area contributed by atoms with Crippen LogP contribution in [0.4, 0.5) is 5.82 Å². The number of methoxy groups -OCH3 is 1. The number of hydrogen-bond donors (Lipinski definition) is 1. The molecule has 5 rings (SSSR count). The highest BCUT2D eigenvalue weighted by Gasteiger charge is 2.18. The molecule has 0 amide bonds. The second-order valence-corrected chi connectivity index (χ2v) is 10.5. The fourth-order valence-electron chi connectivity index (χ4n) is 4.78. The van der Waals surface area contributed by atoms with Crippen LogP contribution >= 0.6 is 0 Å². The number of carbonyl (C=O) groups excluding carboxylic acids is 1. The molecule has 4 aromatic rings. The van der Waals surface area contributed by atoms with Crippen molar-refractivity contribution < 1.29 is 19.0 Å². The van der Waals surface area contributed by atoms with Gasteiger partial charge in [-0.25, -0.2) is 9.78 Å². The van der Waals surface area contributed by atoms with Crippen LogP contribution < -0.4 is 14.8 Å². The molecule has 3 aromatic carbocycles. The van der Waals surface area contributed by atoms with Crippen molar-refractivity contribution in [2.45, 2.75) is 33.1 Å². The van der Waals surface area contributed by atoms with Crippen LogP contribution in [0.2, 0.25) is 0 Å². The minimum absolute atomic E-state index is 0.171. The van der Waals surface area contributed by atoms with Crippen molar-refractivity contribution in [3.05, 3.63) is 84.1 Å². The lowest BCUT2D eigenvalue weighted by Gasteiger charge is -2.25. The van der Waals surface area contributed by atoms with Crippen molar-refractivity contribution in [3.8, 4) is 22.6 Å². The molecule has 1 N–H and O–H groups in total. The number of ether oxygens (including phenoxy) is 3. The average molecular weight is 511 g/mol. The number of nitrogens with zero attached hydrogens (tertiary/aromatic N) is 1. The van der Waals surface area contributed by atoms with Crippen LogP contribution in [-0.4, -0.2) is 37.8 Å². The van der Waals surface area contributed by atoms with Crippen molar-refractivity contribution in [3.63, 3.8) is 0 Å². The number of rotatable bonds is 9. The first kappa shape index (κ1) is 25.6. The molecule has 0 unspecified atom stereocenters. The summed E-state index contributed by atoms with van der Waals surface area (Å²) in [6.45, 7) is 6.65. The largest absolute Gasteiger partial charge is 0.486 e. The zero-order valence-electron chi connectivity index (χ0n) is 22.3. The molecular formula is C32H34N2O4. The van der Waals surface area contributed by atoms with Gasteiger partial charge < -0.3 is 19.5 Å². The number of carbonyl (C=O) groups is 1. The van der Waals surface area contributed by atoms with Gasteiger partial charge in [0.2, 0.25) is 0 Å². The average Bonchev–Trinajstić information content (AvgIpc) is 2.95. The highest BCUT2D eigenvalue weighted by molar-refractivity contribution is 5.98. The molecule has 2 heterocycles. The van der Waals surface area contributed by atoms with Gasteiger partial charge in [-0.1, -0.05) is 44.2 Å². The van der Waals surface area contributed by atoms with Crippen LogP contribution in [-0.2, 0) is 11.2 Å². The molecule has 6 heteroatoms. The van der Waals surface area contributed by atoms with E-state index in [1.807, 2.05) is 24.3 Å². The maximum Gasteiger partial charge on any atom is 0.337 e. The van der Waals surface area contributed by atoms with Crippen LogP contribution in [0.3, 0.4) is 0 Å². The van der Waals surface area contributed by atoms with Gasteiger partial charge in [-0.3, -0.25) is 0 Å². The summed E-state index contributed by atoms with van der Waals surface area (Å²) in [4.78, 5) is 16.4. The van der Waals surface area contributed by atoms with Crippen molar-refractivity contribution in [2.24, 2.45) is 5.41 Å². The summed E-state index contributed by atoms with van der Waals surface area (Å²) in [5, 5.41) is 5.46. The van der Waals surface area contributed by atoms with Gasteiger partial charge in [0.05, 0.1) is 12.7 Å². The topological polar surface area (TPSA) is 69.7 Å². The Balaban J connectivity index is 1.15. The molecule has 0 saturated carbocycles. The Morgan fingerprint density at radius 1 is 0.921 bits per heavy atom. The standard InChI is InChI=1S/C32H34N2O4/c1-32(2,15-17-34-30-27-10-8-26(31(35)36-3)20-25(27)13-16-33-30)14-12-22-4-6-23(7-5-22)24-9-11-28-29(21-24)38-19-18-37-28/h4-11,13,16,20-21H,12,14-15,17-19H2,1-3H3,(H,33,34). The van der Waals surface area contributed by atoms with E-state index in [1.54, 1.807) is 12.3 Å². The van der Waals surface area contributed by atoms with Gasteiger partial charge in [-0.15, -0.1) is 0 Å². The van der Waals surface area contributed by atoms with Crippen LogP contribution in [0, 0.1) is 5.41 Å². The molecule has 0 saturated heterocycles. The first-order valence-corrected chi connectivity index (χ1v) is 13.1. The normalized spacial score (nSPS) is 12.8. The van der Waals surface area contributed by atoms with Gasteiger partial charge in [0.15, 0.2) is 11.5 Å².